The molecule has 0 saturated carbocycles. The van der Waals surface area contributed by atoms with Crippen molar-refractivity contribution < 1.29 is 19.5 Å². The first-order valence-electron chi connectivity index (χ1n) is 5.98. The van der Waals surface area contributed by atoms with Crippen molar-refractivity contribution in [3.63, 3.8) is 0 Å². The predicted molar refractivity (Wildman–Crippen MR) is 64.1 cm³/mol. The van der Waals surface area contributed by atoms with Gasteiger partial charge in [-0.25, -0.2) is 9.59 Å². The average molecular weight is 257 g/mol. The highest BCUT2D eigenvalue weighted by molar-refractivity contribution is 5.90. The second-order valence-corrected chi connectivity index (χ2v) is 4.34. The SMILES string of the molecule is CCCCN(C)C(=O)N1CC(=O)NCC1C(=O)O. The molecule has 1 rings (SSSR count). The van der Waals surface area contributed by atoms with Crippen LogP contribution in [0.15, 0.2) is 0 Å². The van der Waals surface area contributed by atoms with Gasteiger partial charge in [-0.1, -0.05) is 13.3 Å². The van der Waals surface area contributed by atoms with Gasteiger partial charge in [0.25, 0.3) is 0 Å². The largest absolute Gasteiger partial charge is 0.480 e. The van der Waals surface area contributed by atoms with Gasteiger partial charge < -0.3 is 15.3 Å². The van der Waals surface area contributed by atoms with E-state index in [2.05, 4.69) is 5.32 Å². The van der Waals surface area contributed by atoms with Gasteiger partial charge in [-0.05, 0) is 6.42 Å². The molecule has 2 N–H and O–H groups in total. The highest BCUT2D eigenvalue weighted by Crippen LogP contribution is 2.08. The van der Waals surface area contributed by atoms with Crippen LogP contribution in [0.25, 0.3) is 0 Å². The Kier molecular flexibility index (Phi) is 4.94. The van der Waals surface area contributed by atoms with E-state index in [-0.39, 0.29) is 19.0 Å². The molecule has 0 aromatic rings. The molecule has 1 saturated heterocycles. The van der Waals surface area contributed by atoms with E-state index in [0.717, 1.165) is 17.7 Å². The fourth-order valence-electron chi connectivity index (χ4n) is 1.77. The lowest BCUT2D eigenvalue weighted by molar-refractivity contribution is -0.144. The molecular formula is C11H19N3O4. The monoisotopic (exact) mass is 257 g/mol. The molecular weight excluding hydrogens is 238 g/mol. The molecule has 0 aromatic heterocycles. The van der Waals surface area contributed by atoms with Gasteiger partial charge in [0.2, 0.25) is 5.91 Å². The summed E-state index contributed by atoms with van der Waals surface area (Å²) in [4.78, 5) is 37.0. The lowest BCUT2D eigenvalue weighted by atomic mass is 10.2. The Morgan fingerprint density at radius 1 is 1.56 bits per heavy atom. The third-order valence-electron chi connectivity index (χ3n) is 2.89. The number of aliphatic carboxylic acids is 1. The summed E-state index contributed by atoms with van der Waals surface area (Å²) in [7, 11) is 1.61. The molecule has 1 aliphatic rings. The van der Waals surface area contributed by atoms with Gasteiger partial charge in [0.15, 0.2) is 0 Å². The maximum Gasteiger partial charge on any atom is 0.328 e. The Balaban J connectivity index is 2.72. The van der Waals surface area contributed by atoms with Crippen LogP contribution in [0.2, 0.25) is 0 Å². The van der Waals surface area contributed by atoms with E-state index in [1.807, 2.05) is 6.92 Å². The van der Waals surface area contributed by atoms with Crippen LogP contribution < -0.4 is 5.32 Å². The van der Waals surface area contributed by atoms with Crippen molar-refractivity contribution in [3.8, 4) is 0 Å². The van der Waals surface area contributed by atoms with Crippen LogP contribution in [0.5, 0.6) is 0 Å². The van der Waals surface area contributed by atoms with Crippen LogP contribution in [0, 0.1) is 0 Å². The quantitative estimate of drug-likeness (QED) is 0.725. The van der Waals surface area contributed by atoms with Gasteiger partial charge in [-0.3, -0.25) is 9.69 Å². The molecule has 7 heteroatoms. The number of carboxylic acid groups (broad SMARTS) is 1. The number of urea groups is 1. The molecule has 18 heavy (non-hydrogen) atoms. The predicted octanol–water partition coefficient (Wildman–Crippen LogP) is -0.277. The normalized spacial score (nSPS) is 19.3. The molecule has 7 nitrogen and oxygen atoms in total. The van der Waals surface area contributed by atoms with Gasteiger partial charge in [0, 0.05) is 20.1 Å². The summed E-state index contributed by atoms with van der Waals surface area (Å²) in [5, 5.41) is 11.5. The summed E-state index contributed by atoms with van der Waals surface area (Å²) in [6, 6.07) is -1.40. The number of carbonyl (C=O) groups is 3. The number of carboxylic acids is 1. The van der Waals surface area contributed by atoms with E-state index in [9.17, 15) is 14.4 Å². The number of nitrogens with zero attached hydrogens (tertiary/aromatic N) is 2. The van der Waals surface area contributed by atoms with Crippen LogP contribution in [-0.2, 0) is 9.59 Å². The van der Waals surface area contributed by atoms with E-state index in [4.69, 9.17) is 5.11 Å². The smallest absolute Gasteiger partial charge is 0.328 e. The lowest BCUT2D eigenvalue weighted by Crippen LogP contribution is -2.61. The van der Waals surface area contributed by atoms with E-state index in [0.29, 0.717) is 6.54 Å². The molecule has 1 unspecified atom stereocenters. The number of rotatable bonds is 4. The van der Waals surface area contributed by atoms with Gasteiger partial charge in [-0.15, -0.1) is 0 Å². The number of hydrogen-bond acceptors (Lipinski definition) is 3. The van der Waals surface area contributed by atoms with Crippen molar-refractivity contribution >= 4 is 17.9 Å². The number of carbonyl (C=O) groups excluding carboxylic acids is 2. The molecule has 1 aliphatic heterocycles. The molecule has 0 spiro atoms. The van der Waals surface area contributed by atoms with Crippen molar-refractivity contribution in [1.82, 2.24) is 15.1 Å². The van der Waals surface area contributed by atoms with Crippen molar-refractivity contribution in [2.45, 2.75) is 25.8 Å². The zero-order chi connectivity index (χ0) is 13.7. The second kappa shape index (κ2) is 6.23. The Morgan fingerprint density at radius 2 is 2.22 bits per heavy atom. The lowest BCUT2D eigenvalue weighted by Gasteiger charge is -2.35. The van der Waals surface area contributed by atoms with Crippen LogP contribution in [-0.4, -0.2) is 65.5 Å². The van der Waals surface area contributed by atoms with Crippen molar-refractivity contribution in [3.05, 3.63) is 0 Å². The molecule has 0 radical (unpaired) electrons. The van der Waals surface area contributed by atoms with Gasteiger partial charge >= 0.3 is 12.0 Å². The Hall–Kier alpha value is -1.79. The maximum absolute atomic E-state index is 12.1. The van der Waals surface area contributed by atoms with Gasteiger partial charge in [0.1, 0.15) is 12.6 Å². The Bertz CT molecular complexity index is 345. The maximum atomic E-state index is 12.1. The molecule has 102 valence electrons. The van der Waals surface area contributed by atoms with Crippen LogP contribution >= 0.6 is 0 Å². The zero-order valence-electron chi connectivity index (χ0n) is 10.7. The first-order chi connectivity index (χ1) is 8.47. The minimum absolute atomic E-state index is 0.0402. The number of piperazine rings is 1. The molecule has 0 aromatic carbocycles. The Morgan fingerprint density at radius 3 is 2.78 bits per heavy atom. The summed E-state index contributed by atoms with van der Waals surface area (Å²) in [5.41, 5.74) is 0. The highest BCUT2D eigenvalue weighted by Gasteiger charge is 2.36. The summed E-state index contributed by atoms with van der Waals surface area (Å²) in [6.07, 6.45) is 1.79. The van der Waals surface area contributed by atoms with Crippen LogP contribution in [0.4, 0.5) is 4.79 Å². The summed E-state index contributed by atoms with van der Waals surface area (Å²) in [6.45, 7) is 2.32. The first kappa shape index (κ1) is 14.3. The number of amides is 3. The molecule has 1 atom stereocenters. The van der Waals surface area contributed by atoms with Gasteiger partial charge in [-0.2, -0.15) is 0 Å². The number of hydrogen-bond donors (Lipinski definition) is 2. The third kappa shape index (κ3) is 3.35. The standard InChI is InChI=1S/C11H19N3O4/c1-3-4-5-13(2)11(18)14-7-9(15)12-6-8(14)10(16)17/h8H,3-7H2,1-2H3,(H,12,15)(H,16,17). The summed E-state index contributed by atoms with van der Waals surface area (Å²) >= 11 is 0. The van der Waals surface area contributed by atoms with E-state index in [1.165, 1.54) is 4.90 Å². The van der Waals surface area contributed by atoms with E-state index < -0.39 is 18.0 Å². The van der Waals surface area contributed by atoms with E-state index in [1.54, 1.807) is 7.05 Å². The van der Waals surface area contributed by atoms with Crippen LogP contribution in [0.3, 0.4) is 0 Å². The minimum atomic E-state index is -1.10. The number of nitrogens with one attached hydrogen (secondary N) is 1. The number of unbranched alkanes of at least 4 members (excludes halogenated alkanes) is 1. The topological polar surface area (TPSA) is 90.0 Å². The van der Waals surface area contributed by atoms with Crippen molar-refractivity contribution in [2.75, 3.05) is 26.7 Å². The summed E-state index contributed by atoms with van der Waals surface area (Å²) < 4.78 is 0. The third-order valence-corrected chi connectivity index (χ3v) is 2.89. The minimum Gasteiger partial charge on any atom is -0.480 e. The molecule has 0 bridgehead atoms. The molecule has 3 amide bonds. The highest BCUT2D eigenvalue weighted by atomic mass is 16.4. The van der Waals surface area contributed by atoms with Gasteiger partial charge in [0.05, 0.1) is 0 Å². The molecule has 1 fully saturated rings. The van der Waals surface area contributed by atoms with Crippen LogP contribution in [0.1, 0.15) is 19.8 Å². The first-order valence-corrected chi connectivity index (χ1v) is 5.98. The zero-order valence-corrected chi connectivity index (χ0v) is 10.7. The van der Waals surface area contributed by atoms with E-state index >= 15 is 0 Å². The molecule has 0 aliphatic carbocycles. The Labute approximate surface area is 106 Å². The van der Waals surface area contributed by atoms with Crippen molar-refractivity contribution in [2.24, 2.45) is 0 Å². The fraction of sp³-hybridized carbons (Fsp3) is 0.727. The second-order valence-electron chi connectivity index (χ2n) is 4.34. The van der Waals surface area contributed by atoms with Crippen molar-refractivity contribution in [1.29, 1.82) is 0 Å². The molecule has 1 heterocycles. The summed E-state index contributed by atoms with van der Waals surface area (Å²) in [5.74, 6) is -1.43. The fourth-order valence-corrected chi connectivity index (χ4v) is 1.77. The average Bonchev–Trinajstić information content (AvgIpc) is 2.34.